The highest BCUT2D eigenvalue weighted by Crippen LogP contribution is 2.25. The number of rotatable bonds is 4. The normalized spacial score (nSPS) is 24.3. The molecule has 1 aromatic carbocycles. The van der Waals surface area contributed by atoms with Crippen LogP contribution in [0.2, 0.25) is 0 Å². The molecule has 3 nitrogen and oxygen atoms in total. The van der Waals surface area contributed by atoms with Crippen molar-refractivity contribution in [2.24, 2.45) is 11.7 Å². The average Bonchev–Trinajstić information content (AvgIpc) is 2.41. The van der Waals surface area contributed by atoms with E-state index in [0.717, 1.165) is 19.5 Å². The van der Waals surface area contributed by atoms with E-state index in [1.165, 1.54) is 17.7 Å². The molecule has 1 heterocycles. The van der Waals surface area contributed by atoms with Crippen LogP contribution < -0.4 is 10.6 Å². The van der Waals surface area contributed by atoms with Gasteiger partial charge < -0.3 is 15.4 Å². The molecule has 0 saturated carbocycles. The number of benzene rings is 1. The summed E-state index contributed by atoms with van der Waals surface area (Å²) in [6, 6.07) is 8.77. The second kappa shape index (κ2) is 6.21. The maximum atomic E-state index is 5.57. The van der Waals surface area contributed by atoms with E-state index in [1.54, 1.807) is 0 Å². The number of hydrogen-bond donors (Lipinski definition) is 1. The van der Waals surface area contributed by atoms with Crippen molar-refractivity contribution in [3.8, 4) is 0 Å². The van der Waals surface area contributed by atoms with Gasteiger partial charge in [-0.3, -0.25) is 0 Å². The van der Waals surface area contributed by atoms with Crippen molar-refractivity contribution >= 4 is 5.69 Å². The van der Waals surface area contributed by atoms with E-state index in [1.807, 2.05) is 7.11 Å². The first-order chi connectivity index (χ1) is 8.74. The minimum absolute atomic E-state index is 0.350. The third-order valence-corrected chi connectivity index (χ3v) is 3.93. The smallest absolute Gasteiger partial charge is 0.0772 e. The number of piperidine rings is 1. The van der Waals surface area contributed by atoms with Crippen molar-refractivity contribution in [3.05, 3.63) is 29.8 Å². The quantitative estimate of drug-likeness (QED) is 0.886. The van der Waals surface area contributed by atoms with Crippen LogP contribution in [0.5, 0.6) is 0 Å². The molecule has 0 aliphatic carbocycles. The molecule has 0 amide bonds. The van der Waals surface area contributed by atoms with Crippen molar-refractivity contribution in [1.82, 2.24) is 0 Å². The van der Waals surface area contributed by atoms with Gasteiger partial charge in [-0.05, 0) is 43.0 Å². The summed E-state index contributed by atoms with van der Waals surface area (Å²) in [5.74, 6) is 0.655. The summed E-state index contributed by atoms with van der Waals surface area (Å²) in [5.41, 5.74) is 8.18. The average molecular weight is 248 g/mol. The summed E-state index contributed by atoms with van der Waals surface area (Å²) in [5, 5.41) is 0. The lowest BCUT2D eigenvalue weighted by atomic mass is 9.95. The SMILES string of the molecule is COC1CN(c2ccc(CCN)cc2)CCC1C. The van der Waals surface area contributed by atoms with E-state index in [0.29, 0.717) is 18.6 Å². The van der Waals surface area contributed by atoms with Crippen LogP contribution in [0.3, 0.4) is 0 Å². The van der Waals surface area contributed by atoms with Gasteiger partial charge in [-0.15, -0.1) is 0 Å². The Bertz CT molecular complexity index is 363. The molecule has 1 saturated heterocycles. The standard InChI is InChI=1S/C15H24N2O/c1-12-8-10-17(11-15(12)18-2)14-5-3-13(4-6-14)7-9-16/h3-6,12,15H,7-11,16H2,1-2H3. The van der Waals surface area contributed by atoms with Crippen LogP contribution in [0.1, 0.15) is 18.9 Å². The molecule has 1 aliphatic rings. The monoisotopic (exact) mass is 248 g/mol. The molecule has 0 spiro atoms. The second-order valence-electron chi connectivity index (χ2n) is 5.19. The van der Waals surface area contributed by atoms with Crippen molar-refractivity contribution in [2.45, 2.75) is 25.9 Å². The van der Waals surface area contributed by atoms with Gasteiger partial charge in [-0.1, -0.05) is 19.1 Å². The Balaban J connectivity index is 2.02. The molecule has 18 heavy (non-hydrogen) atoms. The van der Waals surface area contributed by atoms with Gasteiger partial charge in [0, 0.05) is 25.9 Å². The zero-order chi connectivity index (χ0) is 13.0. The Hall–Kier alpha value is -1.06. The molecule has 0 radical (unpaired) electrons. The summed E-state index contributed by atoms with van der Waals surface area (Å²) >= 11 is 0. The number of ether oxygens (including phenoxy) is 1. The molecule has 2 unspecified atom stereocenters. The Morgan fingerprint density at radius 1 is 1.33 bits per heavy atom. The van der Waals surface area contributed by atoms with Crippen LogP contribution in [0.4, 0.5) is 5.69 Å². The lowest BCUT2D eigenvalue weighted by Gasteiger charge is -2.37. The largest absolute Gasteiger partial charge is 0.379 e. The predicted molar refractivity (Wildman–Crippen MR) is 76.0 cm³/mol. The van der Waals surface area contributed by atoms with E-state index >= 15 is 0 Å². The zero-order valence-electron chi connectivity index (χ0n) is 11.4. The highest BCUT2D eigenvalue weighted by atomic mass is 16.5. The van der Waals surface area contributed by atoms with Crippen molar-refractivity contribution in [3.63, 3.8) is 0 Å². The molecular weight excluding hydrogens is 224 g/mol. The van der Waals surface area contributed by atoms with Crippen LogP contribution in [0.25, 0.3) is 0 Å². The number of anilines is 1. The topological polar surface area (TPSA) is 38.5 Å². The fraction of sp³-hybridized carbons (Fsp3) is 0.600. The molecule has 0 aromatic heterocycles. The Morgan fingerprint density at radius 3 is 2.67 bits per heavy atom. The minimum Gasteiger partial charge on any atom is -0.379 e. The Morgan fingerprint density at radius 2 is 2.06 bits per heavy atom. The summed E-state index contributed by atoms with van der Waals surface area (Å²) < 4.78 is 5.56. The van der Waals surface area contributed by atoms with Crippen LogP contribution in [0, 0.1) is 5.92 Å². The van der Waals surface area contributed by atoms with Crippen molar-refractivity contribution in [1.29, 1.82) is 0 Å². The van der Waals surface area contributed by atoms with Crippen LogP contribution >= 0.6 is 0 Å². The summed E-state index contributed by atoms with van der Waals surface area (Å²) in [6.45, 7) is 5.10. The lowest BCUT2D eigenvalue weighted by Crippen LogP contribution is -2.43. The molecule has 2 rings (SSSR count). The summed E-state index contributed by atoms with van der Waals surface area (Å²) in [4.78, 5) is 2.42. The van der Waals surface area contributed by atoms with Gasteiger partial charge in [0.2, 0.25) is 0 Å². The van der Waals surface area contributed by atoms with Crippen LogP contribution in [-0.2, 0) is 11.2 Å². The van der Waals surface area contributed by atoms with Gasteiger partial charge in [-0.2, -0.15) is 0 Å². The highest BCUT2D eigenvalue weighted by Gasteiger charge is 2.25. The molecule has 3 heteroatoms. The second-order valence-corrected chi connectivity index (χ2v) is 5.19. The molecule has 0 bridgehead atoms. The molecule has 1 aliphatic heterocycles. The molecule has 2 atom stereocenters. The predicted octanol–water partition coefficient (Wildman–Crippen LogP) is 2.05. The lowest BCUT2D eigenvalue weighted by molar-refractivity contribution is 0.0498. The van der Waals surface area contributed by atoms with Gasteiger partial charge >= 0.3 is 0 Å². The Labute approximate surface area is 110 Å². The first-order valence-electron chi connectivity index (χ1n) is 6.81. The molecule has 2 N–H and O–H groups in total. The van der Waals surface area contributed by atoms with E-state index in [-0.39, 0.29) is 0 Å². The molecule has 1 fully saturated rings. The number of nitrogens with two attached hydrogens (primary N) is 1. The maximum absolute atomic E-state index is 5.57. The third kappa shape index (κ3) is 3.03. The number of nitrogens with zero attached hydrogens (tertiary/aromatic N) is 1. The fourth-order valence-electron chi connectivity index (χ4n) is 2.62. The summed E-state index contributed by atoms with van der Waals surface area (Å²) in [6.07, 6.45) is 2.50. The van der Waals surface area contributed by atoms with Crippen LogP contribution in [-0.4, -0.2) is 32.8 Å². The van der Waals surface area contributed by atoms with Gasteiger partial charge in [-0.25, -0.2) is 0 Å². The van der Waals surface area contributed by atoms with Crippen LogP contribution in [0.15, 0.2) is 24.3 Å². The van der Waals surface area contributed by atoms with Gasteiger partial charge in [0.1, 0.15) is 0 Å². The van der Waals surface area contributed by atoms with E-state index in [9.17, 15) is 0 Å². The van der Waals surface area contributed by atoms with E-state index in [4.69, 9.17) is 10.5 Å². The zero-order valence-corrected chi connectivity index (χ0v) is 11.4. The number of methoxy groups -OCH3 is 1. The number of hydrogen-bond acceptors (Lipinski definition) is 3. The van der Waals surface area contributed by atoms with Crippen molar-refractivity contribution in [2.75, 3.05) is 31.6 Å². The van der Waals surface area contributed by atoms with Gasteiger partial charge in [0.25, 0.3) is 0 Å². The van der Waals surface area contributed by atoms with E-state index < -0.39 is 0 Å². The molecule has 1 aromatic rings. The first kappa shape index (κ1) is 13.4. The first-order valence-corrected chi connectivity index (χ1v) is 6.81. The fourth-order valence-corrected chi connectivity index (χ4v) is 2.62. The van der Waals surface area contributed by atoms with Crippen molar-refractivity contribution < 1.29 is 4.74 Å². The third-order valence-electron chi connectivity index (χ3n) is 3.93. The van der Waals surface area contributed by atoms with E-state index in [2.05, 4.69) is 36.1 Å². The summed E-state index contributed by atoms with van der Waals surface area (Å²) in [7, 11) is 1.81. The van der Waals surface area contributed by atoms with Gasteiger partial charge in [0.15, 0.2) is 0 Å². The minimum atomic E-state index is 0.350. The molecular formula is C15H24N2O. The molecule has 100 valence electrons. The van der Waals surface area contributed by atoms with Gasteiger partial charge in [0.05, 0.1) is 6.10 Å². The Kier molecular flexibility index (Phi) is 4.61. The highest BCUT2D eigenvalue weighted by molar-refractivity contribution is 5.48. The maximum Gasteiger partial charge on any atom is 0.0772 e.